The van der Waals surface area contributed by atoms with E-state index < -0.39 is 11.7 Å². The summed E-state index contributed by atoms with van der Waals surface area (Å²) in [4.78, 5) is 22.5. The third-order valence-corrected chi connectivity index (χ3v) is 4.98. The number of likely N-dealkylation sites (tertiary alicyclic amines) is 1. The number of piperidine rings is 1. The van der Waals surface area contributed by atoms with E-state index in [1.165, 1.54) is 13.1 Å². The van der Waals surface area contributed by atoms with Crippen molar-refractivity contribution in [3.05, 3.63) is 53.1 Å². The average Bonchev–Trinajstić information content (AvgIpc) is 3.07. The van der Waals surface area contributed by atoms with Gasteiger partial charge in [-0.15, -0.1) is 0 Å². The standard InChI is InChI=1S/C19H17F3N4O2/c1-11-16-14(19(20,21)22)8-15(24-17(16)28-25-11)13-5-3-7-26(10-13)18(27)12-4-2-6-23-9-12/h2,4,6,8-9,13H,3,5,7,10H2,1H3. The van der Waals surface area contributed by atoms with Crippen LogP contribution in [0.5, 0.6) is 0 Å². The van der Waals surface area contributed by atoms with Crippen molar-refractivity contribution in [1.29, 1.82) is 0 Å². The smallest absolute Gasteiger partial charge is 0.338 e. The number of fused-ring (bicyclic) bond motifs is 1. The molecule has 0 spiro atoms. The molecule has 0 aliphatic carbocycles. The zero-order valence-electron chi connectivity index (χ0n) is 15.0. The lowest BCUT2D eigenvalue weighted by Crippen LogP contribution is -2.39. The van der Waals surface area contributed by atoms with E-state index in [1.54, 1.807) is 23.2 Å². The molecule has 1 unspecified atom stereocenters. The molecule has 0 saturated carbocycles. The van der Waals surface area contributed by atoms with Crippen LogP contribution in [0.1, 0.15) is 46.1 Å². The molecule has 3 aromatic heterocycles. The SMILES string of the molecule is Cc1noc2nc(C3CCCN(C(=O)c4cccnc4)C3)cc(C(F)(F)F)c12. The molecule has 1 amide bonds. The number of carbonyl (C=O) groups excluding carboxylic acids is 1. The number of hydrogen-bond acceptors (Lipinski definition) is 5. The van der Waals surface area contributed by atoms with Crippen LogP contribution in [0.25, 0.3) is 11.1 Å². The minimum absolute atomic E-state index is 0.115. The number of aromatic nitrogens is 3. The van der Waals surface area contributed by atoms with Crippen molar-refractivity contribution < 1.29 is 22.5 Å². The number of hydrogen-bond donors (Lipinski definition) is 0. The predicted octanol–water partition coefficient (Wildman–Crippen LogP) is 3.96. The lowest BCUT2D eigenvalue weighted by Gasteiger charge is -2.32. The highest BCUT2D eigenvalue weighted by molar-refractivity contribution is 5.94. The summed E-state index contributed by atoms with van der Waals surface area (Å²) in [7, 11) is 0. The molecule has 1 aliphatic heterocycles. The fourth-order valence-corrected chi connectivity index (χ4v) is 3.62. The number of carbonyl (C=O) groups is 1. The highest BCUT2D eigenvalue weighted by Gasteiger charge is 2.37. The molecule has 1 atom stereocenters. The van der Waals surface area contributed by atoms with E-state index in [2.05, 4.69) is 15.1 Å². The quantitative estimate of drug-likeness (QED) is 0.662. The molecule has 0 N–H and O–H groups in total. The Morgan fingerprint density at radius 3 is 2.89 bits per heavy atom. The summed E-state index contributed by atoms with van der Waals surface area (Å²) in [5.41, 5.74) is -0.0635. The van der Waals surface area contributed by atoms with Gasteiger partial charge in [-0.3, -0.25) is 9.78 Å². The number of rotatable bonds is 2. The summed E-state index contributed by atoms with van der Waals surface area (Å²) in [6.45, 7) is 2.29. The van der Waals surface area contributed by atoms with Crippen molar-refractivity contribution in [2.24, 2.45) is 0 Å². The van der Waals surface area contributed by atoms with Crippen LogP contribution in [0.15, 0.2) is 35.1 Å². The number of halogens is 3. The van der Waals surface area contributed by atoms with E-state index >= 15 is 0 Å². The van der Waals surface area contributed by atoms with Gasteiger partial charge >= 0.3 is 6.18 Å². The minimum atomic E-state index is -4.55. The number of alkyl halides is 3. The normalized spacial score (nSPS) is 17.9. The molecule has 0 aromatic carbocycles. The number of aryl methyl sites for hydroxylation is 1. The van der Waals surface area contributed by atoms with Crippen LogP contribution >= 0.6 is 0 Å². The molecule has 0 radical (unpaired) electrons. The molecule has 4 rings (SSSR count). The van der Waals surface area contributed by atoms with Gasteiger partial charge in [-0.2, -0.15) is 13.2 Å². The summed E-state index contributed by atoms with van der Waals surface area (Å²) in [5, 5.41) is 3.51. The third kappa shape index (κ3) is 3.32. The van der Waals surface area contributed by atoms with Gasteiger partial charge in [0.25, 0.3) is 11.6 Å². The Bertz CT molecular complexity index is 1020. The van der Waals surface area contributed by atoms with Crippen molar-refractivity contribution >= 4 is 17.0 Å². The highest BCUT2D eigenvalue weighted by Crippen LogP contribution is 2.38. The zero-order chi connectivity index (χ0) is 19.9. The fraction of sp³-hybridized carbons (Fsp3) is 0.368. The second-order valence-corrected chi connectivity index (χ2v) is 6.87. The largest absolute Gasteiger partial charge is 0.417 e. The first-order chi connectivity index (χ1) is 13.3. The summed E-state index contributed by atoms with van der Waals surface area (Å²) in [6.07, 6.45) is -0.179. The molecule has 4 heterocycles. The van der Waals surface area contributed by atoms with Gasteiger partial charge in [0.1, 0.15) is 0 Å². The van der Waals surface area contributed by atoms with Gasteiger partial charge in [-0.25, -0.2) is 4.98 Å². The monoisotopic (exact) mass is 390 g/mol. The maximum atomic E-state index is 13.6. The van der Waals surface area contributed by atoms with Gasteiger partial charge in [0.2, 0.25) is 0 Å². The van der Waals surface area contributed by atoms with Gasteiger partial charge in [-0.05, 0) is 38.0 Å². The maximum Gasteiger partial charge on any atom is 0.417 e. The second-order valence-electron chi connectivity index (χ2n) is 6.87. The van der Waals surface area contributed by atoms with Crippen LogP contribution in [-0.4, -0.2) is 39.0 Å². The van der Waals surface area contributed by atoms with Crippen molar-refractivity contribution in [3.63, 3.8) is 0 Å². The lowest BCUT2D eigenvalue weighted by atomic mass is 9.92. The Labute approximate surface area is 158 Å². The van der Waals surface area contributed by atoms with E-state index in [9.17, 15) is 18.0 Å². The molecule has 146 valence electrons. The Kier molecular flexibility index (Phi) is 4.52. The Balaban J connectivity index is 1.67. The van der Waals surface area contributed by atoms with E-state index in [0.29, 0.717) is 24.9 Å². The number of nitrogens with zero attached hydrogens (tertiary/aromatic N) is 4. The van der Waals surface area contributed by atoms with Crippen molar-refractivity contribution in [2.75, 3.05) is 13.1 Å². The average molecular weight is 390 g/mol. The molecular weight excluding hydrogens is 373 g/mol. The van der Waals surface area contributed by atoms with E-state index in [-0.39, 0.29) is 40.9 Å². The van der Waals surface area contributed by atoms with Crippen LogP contribution in [0.3, 0.4) is 0 Å². The van der Waals surface area contributed by atoms with Crippen LogP contribution in [0.4, 0.5) is 13.2 Å². The van der Waals surface area contributed by atoms with E-state index in [4.69, 9.17) is 4.52 Å². The summed E-state index contributed by atoms with van der Waals surface area (Å²) in [6, 6.07) is 4.41. The summed E-state index contributed by atoms with van der Waals surface area (Å²) < 4.78 is 45.8. The second kappa shape index (κ2) is 6.88. The van der Waals surface area contributed by atoms with Gasteiger partial charge in [-0.1, -0.05) is 5.16 Å². The molecule has 3 aromatic rings. The molecule has 28 heavy (non-hydrogen) atoms. The van der Waals surface area contributed by atoms with Crippen LogP contribution in [0, 0.1) is 6.92 Å². The molecular formula is C19H17F3N4O2. The first-order valence-electron chi connectivity index (χ1n) is 8.88. The summed E-state index contributed by atoms with van der Waals surface area (Å²) in [5.74, 6) is -0.504. The summed E-state index contributed by atoms with van der Waals surface area (Å²) >= 11 is 0. The highest BCUT2D eigenvalue weighted by atomic mass is 19.4. The molecule has 1 aliphatic rings. The maximum absolute atomic E-state index is 13.6. The Morgan fingerprint density at radius 1 is 1.36 bits per heavy atom. The molecule has 1 saturated heterocycles. The third-order valence-electron chi connectivity index (χ3n) is 4.98. The van der Waals surface area contributed by atoms with E-state index in [0.717, 1.165) is 6.07 Å². The minimum Gasteiger partial charge on any atom is -0.338 e. The van der Waals surface area contributed by atoms with E-state index in [1.807, 2.05) is 0 Å². The van der Waals surface area contributed by atoms with Gasteiger partial charge in [0.05, 0.1) is 27.9 Å². The van der Waals surface area contributed by atoms with Crippen molar-refractivity contribution in [1.82, 2.24) is 20.0 Å². The first-order valence-corrected chi connectivity index (χ1v) is 8.88. The topological polar surface area (TPSA) is 72.1 Å². The van der Waals surface area contributed by atoms with Crippen LogP contribution in [-0.2, 0) is 6.18 Å². The predicted molar refractivity (Wildman–Crippen MR) is 93.7 cm³/mol. The van der Waals surface area contributed by atoms with Gasteiger partial charge < -0.3 is 9.42 Å². The Morgan fingerprint density at radius 2 is 2.18 bits per heavy atom. The molecule has 9 heteroatoms. The fourth-order valence-electron chi connectivity index (χ4n) is 3.62. The molecule has 6 nitrogen and oxygen atoms in total. The van der Waals surface area contributed by atoms with Crippen molar-refractivity contribution in [3.8, 4) is 0 Å². The Hall–Kier alpha value is -2.97. The number of pyridine rings is 2. The van der Waals surface area contributed by atoms with Crippen molar-refractivity contribution in [2.45, 2.75) is 31.9 Å². The molecule has 1 fully saturated rings. The van der Waals surface area contributed by atoms with Crippen LogP contribution < -0.4 is 0 Å². The van der Waals surface area contributed by atoms with Gasteiger partial charge in [0, 0.05) is 31.4 Å². The first kappa shape index (κ1) is 18.4. The molecule has 0 bridgehead atoms. The van der Waals surface area contributed by atoms with Crippen LogP contribution in [0.2, 0.25) is 0 Å². The van der Waals surface area contributed by atoms with Gasteiger partial charge in [0.15, 0.2) is 0 Å². The zero-order valence-corrected chi connectivity index (χ0v) is 15.0. The lowest BCUT2D eigenvalue weighted by molar-refractivity contribution is -0.136. The number of amides is 1.